The number of imidazole rings is 1. The summed E-state index contributed by atoms with van der Waals surface area (Å²) in [7, 11) is 0. The lowest BCUT2D eigenvalue weighted by atomic mass is 10.1. The molecule has 0 bridgehead atoms. The highest BCUT2D eigenvalue weighted by Crippen LogP contribution is 2.26. The minimum Gasteiger partial charge on any atom is -0.391 e. The molecule has 1 aromatic carbocycles. The molecule has 1 fully saturated rings. The van der Waals surface area contributed by atoms with Gasteiger partial charge in [0, 0.05) is 18.8 Å². The van der Waals surface area contributed by atoms with Gasteiger partial charge in [-0.1, -0.05) is 0 Å². The maximum Gasteiger partial charge on any atom is 0.321 e. The summed E-state index contributed by atoms with van der Waals surface area (Å²) in [5.74, 6) is 0. The Labute approximate surface area is 116 Å². The van der Waals surface area contributed by atoms with Crippen LogP contribution in [0.5, 0.6) is 0 Å². The molecule has 0 unspecified atom stereocenters. The van der Waals surface area contributed by atoms with Gasteiger partial charge >= 0.3 is 6.03 Å². The number of rotatable bonds is 1. The van der Waals surface area contributed by atoms with Crippen LogP contribution in [0.2, 0.25) is 0 Å². The second-order valence-corrected chi connectivity index (χ2v) is 5.29. The summed E-state index contributed by atoms with van der Waals surface area (Å²) in [6, 6.07) is 1.73. The average Bonchev–Trinajstić information content (AvgIpc) is 3.04. The number of urea groups is 1. The molecule has 1 aliphatic heterocycles. The lowest BCUT2D eigenvalue weighted by Crippen LogP contribution is -2.33. The van der Waals surface area contributed by atoms with Crippen molar-refractivity contribution in [3.05, 3.63) is 23.5 Å². The third-order valence-electron chi connectivity index (χ3n) is 3.97. The van der Waals surface area contributed by atoms with Gasteiger partial charge in [-0.25, -0.2) is 9.78 Å². The van der Waals surface area contributed by atoms with Gasteiger partial charge in [0.25, 0.3) is 0 Å². The van der Waals surface area contributed by atoms with Crippen LogP contribution in [0.25, 0.3) is 11.0 Å². The fourth-order valence-corrected chi connectivity index (χ4v) is 2.60. The van der Waals surface area contributed by atoms with E-state index in [1.165, 1.54) is 0 Å². The van der Waals surface area contributed by atoms with E-state index in [1.54, 1.807) is 11.2 Å². The molecule has 0 saturated carbocycles. The molecule has 1 aliphatic rings. The molecule has 1 saturated heterocycles. The van der Waals surface area contributed by atoms with Gasteiger partial charge in [-0.2, -0.15) is 0 Å². The summed E-state index contributed by atoms with van der Waals surface area (Å²) in [6.07, 6.45) is 1.89. The number of aliphatic hydroxyl groups is 1. The molecule has 0 aliphatic carbocycles. The van der Waals surface area contributed by atoms with Gasteiger partial charge in [0.2, 0.25) is 0 Å². The van der Waals surface area contributed by atoms with E-state index in [-0.39, 0.29) is 6.03 Å². The normalized spacial score (nSPS) is 18.8. The van der Waals surface area contributed by atoms with Gasteiger partial charge in [0.1, 0.15) is 0 Å². The fourth-order valence-electron chi connectivity index (χ4n) is 2.60. The maximum absolute atomic E-state index is 12.2. The first kappa shape index (κ1) is 12.9. The Morgan fingerprint density at radius 1 is 1.50 bits per heavy atom. The summed E-state index contributed by atoms with van der Waals surface area (Å²) in [6.45, 7) is 4.96. The molecule has 0 spiro atoms. The van der Waals surface area contributed by atoms with Crippen LogP contribution in [0.15, 0.2) is 12.4 Å². The van der Waals surface area contributed by atoms with Crippen LogP contribution in [0.4, 0.5) is 10.5 Å². The zero-order chi connectivity index (χ0) is 14.3. The molecule has 2 amide bonds. The number of amides is 2. The molecule has 6 heteroatoms. The number of anilines is 1. The van der Waals surface area contributed by atoms with Crippen LogP contribution in [0.3, 0.4) is 0 Å². The Morgan fingerprint density at radius 2 is 2.30 bits per heavy atom. The number of nitrogens with one attached hydrogen (secondary N) is 2. The summed E-state index contributed by atoms with van der Waals surface area (Å²) in [5, 5.41) is 12.4. The molecule has 3 rings (SSSR count). The molecular formula is C14H18N4O2. The number of β-amino-alcohol motifs (C(OH)–C–C–N with tert-alkyl or cyclic N) is 1. The highest BCUT2D eigenvalue weighted by atomic mass is 16.3. The van der Waals surface area contributed by atoms with Gasteiger partial charge in [0.15, 0.2) is 0 Å². The van der Waals surface area contributed by atoms with Gasteiger partial charge in [-0.05, 0) is 37.5 Å². The molecular weight excluding hydrogens is 256 g/mol. The third kappa shape index (κ3) is 2.12. The second-order valence-electron chi connectivity index (χ2n) is 5.29. The fraction of sp³-hybridized carbons (Fsp3) is 0.429. The first-order valence-electron chi connectivity index (χ1n) is 6.73. The van der Waals surface area contributed by atoms with Crippen molar-refractivity contribution in [2.75, 3.05) is 18.4 Å². The molecule has 1 aromatic heterocycles. The number of fused-ring (bicyclic) bond motifs is 1. The second kappa shape index (κ2) is 4.79. The van der Waals surface area contributed by atoms with E-state index < -0.39 is 6.10 Å². The predicted molar refractivity (Wildman–Crippen MR) is 76.8 cm³/mol. The van der Waals surface area contributed by atoms with Crippen molar-refractivity contribution in [1.82, 2.24) is 14.9 Å². The van der Waals surface area contributed by atoms with E-state index in [4.69, 9.17) is 0 Å². The summed E-state index contributed by atoms with van der Waals surface area (Å²) in [4.78, 5) is 21.1. The lowest BCUT2D eigenvalue weighted by Gasteiger charge is -2.18. The number of aryl methyl sites for hydroxylation is 1. The van der Waals surface area contributed by atoms with Crippen LogP contribution in [0, 0.1) is 13.8 Å². The van der Waals surface area contributed by atoms with Crippen LogP contribution in [-0.2, 0) is 0 Å². The average molecular weight is 274 g/mol. The van der Waals surface area contributed by atoms with Gasteiger partial charge < -0.3 is 20.3 Å². The molecule has 106 valence electrons. The number of aliphatic hydroxyl groups excluding tert-OH is 1. The van der Waals surface area contributed by atoms with Crippen LogP contribution >= 0.6 is 0 Å². The highest BCUT2D eigenvalue weighted by Gasteiger charge is 2.25. The number of carbonyl (C=O) groups is 1. The van der Waals surface area contributed by atoms with E-state index >= 15 is 0 Å². The first-order chi connectivity index (χ1) is 9.56. The van der Waals surface area contributed by atoms with E-state index in [1.807, 2.05) is 19.9 Å². The van der Waals surface area contributed by atoms with Crippen LogP contribution in [-0.4, -0.2) is 45.2 Å². The quantitative estimate of drug-likeness (QED) is 0.741. The Hall–Kier alpha value is -2.08. The van der Waals surface area contributed by atoms with Crippen molar-refractivity contribution in [3.63, 3.8) is 0 Å². The Bertz CT molecular complexity index is 664. The third-order valence-corrected chi connectivity index (χ3v) is 3.97. The highest BCUT2D eigenvalue weighted by molar-refractivity contribution is 5.94. The number of likely N-dealkylation sites (tertiary alicyclic amines) is 1. The van der Waals surface area contributed by atoms with Crippen molar-refractivity contribution in [3.8, 4) is 0 Å². The van der Waals surface area contributed by atoms with Crippen LogP contribution in [0.1, 0.15) is 17.5 Å². The Kier molecular flexibility index (Phi) is 3.10. The Morgan fingerprint density at radius 3 is 3.00 bits per heavy atom. The summed E-state index contributed by atoms with van der Waals surface area (Å²) < 4.78 is 0. The first-order valence-corrected chi connectivity index (χ1v) is 6.73. The number of aromatic amines is 1. The van der Waals surface area contributed by atoms with Crippen LogP contribution < -0.4 is 5.32 Å². The lowest BCUT2D eigenvalue weighted by molar-refractivity contribution is 0.176. The molecule has 3 N–H and O–H groups in total. The van der Waals surface area contributed by atoms with Crippen molar-refractivity contribution < 1.29 is 9.90 Å². The van der Waals surface area contributed by atoms with Crippen molar-refractivity contribution in [2.24, 2.45) is 0 Å². The van der Waals surface area contributed by atoms with E-state index in [0.29, 0.717) is 19.5 Å². The molecule has 20 heavy (non-hydrogen) atoms. The number of H-pyrrole nitrogens is 1. The monoisotopic (exact) mass is 274 g/mol. The number of aromatic nitrogens is 2. The number of hydrogen-bond donors (Lipinski definition) is 3. The largest absolute Gasteiger partial charge is 0.391 e. The van der Waals surface area contributed by atoms with Crippen molar-refractivity contribution >= 4 is 22.8 Å². The molecule has 2 aromatic rings. The molecule has 1 atom stereocenters. The Balaban J connectivity index is 1.87. The van der Waals surface area contributed by atoms with E-state index in [0.717, 1.165) is 27.8 Å². The predicted octanol–water partition coefficient (Wildman–Crippen LogP) is 1.78. The summed E-state index contributed by atoms with van der Waals surface area (Å²) >= 11 is 0. The number of hydrogen-bond acceptors (Lipinski definition) is 3. The number of nitrogens with zero attached hydrogens (tertiary/aromatic N) is 2. The smallest absolute Gasteiger partial charge is 0.321 e. The molecule has 0 radical (unpaired) electrons. The van der Waals surface area contributed by atoms with E-state index in [9.17, 15) is 9.90 Å². The van der Waals surface area contributed by atoms with Gasteiger partial charge in [0.05, 0.1) is 23.5 Å². The number of carbonyl (C=O) groups excluding carboxylic acids is 1. The zero-order valence-corrected chi connectivity index (χ0v) is 11.6. The van der Waals surface area contributed by atoms with E-state index in [2.05, 4.69) is 15.3 Å². The minimum absolute atomic E-state index is 0.164. The van der Waals surface area contributed by atoms with Crippen molar-refractivity contribution in [1.29, 1.82) is 0 Å². The molecule has 6 nitrogen and oxygen atoms in total. The SMILES string of the molecule is Cc1c(NC(=O)N2CC[C@@H](O)C2)cc2[nH]cnc2c1C. The topological polar surface area (TPSA) is 81.3 Å². The minimum atomic E-state index is -0.404. The number of benzene rings is 1. The summed E-state index contributed by atoms with van der Waals surface area (Å²) in [5.41, 5.74) is 4.69. The van der Waals surface area contributed by atoms with Crippen molar-refractivity contribution in [2.45, 2.75) is 26.4 Å². The maximum atomic E-state index is 12.2. The standard InChI is InChI=1S/C14H18N4O2/c1-8-9(2)13-12(15-7-16-13)5-11(8)17-14(20)18-4-3-10(19)6-18/h5,7,10,19H,3-4,6H2,1-2H3,(H,15,16)(H,17,20)/t10-/m1/s1. The van der Waals surface area contributed by atoms with Gasteiger partial charge in [-0.3, -0.25) is 0 Å². The zero-order valence-electron chi connectivity index (χ0n) is 11.6. The van der Waals surface area contributed by atoms with Gasteiger partial charge in [-0.15, -0.1) is 0 Å². The molecule has 2 heterocycles.